The van der Waals surface area contributed by atoms with E-state index in [1.807, 2.05) is 20.8 Å². The van der Waals surface area contributed by atoms with E-state index in [2.05, 4.69) is 10.4 Å². The largest absolute Gasteiger partial charge is 0.394 e. The highest BCUT2D eigenvalue weighted by molar-refractivity contribution is 5.76. The molecule has 1 aliphatic rings. The van der Waals surface area contributed by atoms with Gasteiger partial charge in [0.05, 0.1) is 30.0 Å². The Morgan fingerprint density at radius 3 is 2.73 bits per heavy atom. The van der Waals surface area contributed by atoms with Gasteiger partial charge < -0.3 is 15.2 Å². The van der Waals surface area contributed by atoms with E-state index >= 15 is 0 Å². The lowest BCUT2D eigenvalue weighted by atomic mass is 9.79. The molecule has 1 unspecified atom stereocenters. The van der Waals surface area contributed by atoms with Gasteiger partial charge in [-0.25, -0.2) is 0 Å². The maximum Gasteiger partial charge on any atom is 0.220 e. The van der Waals surface area contributed by atoms with Gasteiger partial charge in [0.25, 0.3) is 0 Å². The molecule has 0 bridgehead atoms. The Morgan fingerprint density at radius 1 is 1.55 bits per heavy atom. The van der Waals surface area contributed by atoms with Gasteiger partial charge in [-0.15, -0.1) is 0 Å². The Morgan fingerprint density at radius 2 is 2.23 bits per heavy atom. The summed E-state index contributed by atoms with van der Waals surface area (Å²) in [6.45, 7) is 6.01. The van der Waals surface area contributed by atoms with E-state index in [1.54, 1.807) is 24.0 Å². The number of nitrogens with one attached hydrogen (secondary N) is 1. The summed E-state index contributed by atoms with van der Waals surface area (Å²) in [6, 6.07) is 1.40. The van der Waals surface area contributed by atoms with Crippen LogP contribution in [0.3, 0.4) is 0 Å². The van der Waals surface area contributed by atoms with Gasteiger partial charge in [0.2, 0.25) is 5.91 Å². The number of ether oxygens (including phenoxy) is 1. The van der Waals surface area contributed by atoms with Gasteiger partial charge in [0, 0.05) is 19.7 Å². The van der Waals surface area contributed by atoms with Crippen molar-refractivity contribution in [1.82, 2.24) is 15.1 Å². The summed E-state index contributed by atoms with van der Waals surface area (Å²) in [4.78, 5) is 12.1. The molecule has 1 fully saturated rings. The zero-order valence-corrected chi connectivity index (χ0v) is 13.9. The average Bonchev–Trinajstić information content (AvgIpc) is 2.78. The second-order valence-electron chi connectivity index (χ2n) is 7.08. The molecule has 2 rings (SSSR count). The molecule has 1 amide bonds. The molecular weight excluding hydrogens is 282 g/mol. The molecule has 0 radical (unpaired) electrons. The lowest BCUT2D eigenvalue weighted by Crippen LogP contribution is -2.40. The molecule has 1 aromatic heterocycles. The molecular formula is C16H27N3O3. The van der Waals surface area contributed by atoms with Gasteiger partial charge in [-0.3, -0.25) is 9.48 Å². The number of aliphatic hydroxyl groups is 1. The molecule has 0 saturated heterocycles. The Hall–Kier alpha value is -1.40. The molecule has 1 aliphatic carbocycles. The van der Waals surface area contributed by atoms with Crippen LogP contribution in [-0.2, 0) is 16.6 Å². The molecule has 2 N–H and O–H groups in total. The normalized spacial score (nSPS) is 23.0. The predicted octanol–water partition coefficient (Wildman–Crippen LogP) is 1.55. The van der Waals surface area contributed by atoms with Crippen LogP contribution in [0.2, 0.25) is 0 Å². The second-order valence-corrected chi connectivity index (χ2v) is 7.08. The maximum absolute atomic E-state index is 12.1. The van der Waals surface area contributed by atoms with Crippen molar-refractivity contribution in [2.45, 2.75) is 57.8 Å². The number of nitrogens with zero attached hydrogens (tertiary/aromatic N) is 2. The number of carbonyl (C=O) groups is 1. The first-order valence-electron chi connectivity index (χ1n) is 7.84. The highest BCUT2D eigenvalue weighted by Gasteiger charge is 2.34. The van der Waals surface area contributed by atoms with Crippen molar-refractivity contribution in [2.75, 3.05) is 6.61 Å². The van der Waals surface area contributed by atoms with Gasteiger partial charge in [-0.2, -0.15) is 5.10 Å². The number of carbonyl (C=O) groups excluding carboxylic acids is 1. The highest BCUT2D eigenvalue weighted by Crippen LogP contribution is 2.35. The van der Waals surface area contributed by atoms with Gasteiger partial charge in [-0.1, -0.05) is 0 Å². The molecule has 1 saturated carbocycles. The van der Waals surface area contributed by atoms with Gasteiger partial charge in [0.1, 0.15) is 0 Å². The van der Waals surface area contributed by atoms with Crippen molar-refractivity contribution >= 4 is 5.91 Å². The topological polar surface area (TPSA) is 76.4 Å². The third kappa shape index (κ3) is 4.55. The molecule has 1 heterocycles. The van der Waals surface area contributed by atoms with E-state index in [0.29, 0.717) is 12.3 Å². The van der Waals surface area contributed by atoms with Crippen LogP contribution in [0, 0.1) is 5.92 Å². The minimum atomic E-state index is -0.401. The predicted molar refractivity (Wildman–Crippen MR) is 83.1 cm³/mol. The summed E-state index contributed by atoms with van der Waals surface area (Å²) in [5.74, 6) is 0.345. The number of aromatic nitrogens is 2. The molecule has 124 valence electrons. The summed E-state index contributed by atoms with van der Waals surface area (Å²) < 4.78 is 7.54. The third-order valence-corrected chi connectivity index (χ3v) is 3.92. The zero-order chi connectivity index (χ0) is 16.3. The van der Waals surface area contributed by atoms with Crippen LogP contribution in [0.25, 0.3) is 0 Å². The molecule has 22 heavy (non-hydrogen) atoms. The van der Waals surface area contributed by atoms with Gasteiger partial charge >= 0.3 is 0 Å². The fraction of sp³-hybridized carbons (Fsp3) is 0.750. The van der Waals surface area contributed by atoms with Crippen LogP contribution >= 0.6 is 0 Å². The molecule has 1 atom stereocenters. The quantitative estimate of drug-likeness (QED) is 0.836. The van der Waals surface area contributed by atoms with Crippen molar-refractivity contribution < 1.29 is 14.6 Å². The molecule has 0 aliphatic heterocycles. The Bertz CT molecular complexity index is 501. The van der Waals surface area contributed by atoms with E-state index in [-0.39, 0.29) is 24.2 Å². The second kappa shape index (κ2) is 6.79. The minimum Gasteiger partial charge on any atom is -0.394 e. The maximum atomic E-state index is 12.1. The van der Waals surface area contributed by atoms with Crippen LogP contribution in [0.5, 0.6) is 0 Å². The molecule has 1 aromatic rings. The van der Waals surface area contributed by atoms with E-state index in [4.69, 9.17) is 4.74 Å². The van der Waals surface area contributed by atoms with Gasteiger partial charge in [-0.05, 0) is 45.6 Å². The monoisotopic (exact) mass is 309 g/mol. The van der Waals surface area contributed by atoms with Crippen molar-refractivity contribution in [2.24, 2.45) is 13.0 Å². The Kier molecular flexibility index (Phi) is 5.24. The van der Waals surface area contributed by atoms with Crippen LogP contribution in [0.1, 0.15) is 51.8 Å². The summed E-state index contributed by atoms with van der Waals surface area (Å²) in [6.07, 6.45) is 4.27. The van der Waals surface area contributed by atoms with Gasteiger partial charge in [0.15, 0.2) is 0 Å². The summed E-state index contributed by atoms with van der Waals surface area (Å²) >= 11 is 0. The first-order valence-corrected chi connectivity index (χ1v) is 7.84. The molecule has 6 nitrogen and oxygen atoms in total. The smallest absolute Gasteiger partial charge is 0.220 e. The zero-order valence-electron chi connectivity index (χ0n) is 13.9. The van der Waals surface area contributed by atoms with E-state index in [9.17, 15) is 9.90 Å². The van der Waals surface area contributed by atoms with Crippen LogP contribution in [0.4, 0.5) is 0 Å². The van der Waals surface area contributed by atoms with E-state index in [1.165, 1.54) is 0 Å². The number of amides is 1. The summed E-state index contributed by atoms with van der Waals surface area (Å²) in [5, 5.41) is 16.4. The highest BCUT2D eigenvalue weighted by atomic mass is 16.5. The Balaban J connectivity index is 1.76. The SMILES string of the molecule is Cn1nccc1C(CO)NC(=O)CC1CC(OC(C)(C)C)C1. The number of hydrogen-bond donors (Lipinski definition) is 2. The lowest BCUT2D eigenvalue weighted by Gasteiger charge is -2.39. The van der Waals surface area contributed by atoms with Crippen LogP contribution < -0.4 is 5.32 Å². The van der Waals surface area contributed by atoms with E-state index < -0.39 is 6.04 Å². The number of aliphatic hydroxyl groups excluding tert-OH is 1. The molecule has 0 aromatic carbocycles. The number of rotatable bonds is 6. The minimum absolute atomic E-state index is 0.0283. The molecule has 6 heteroatoms. The third-order valence-electron chi connectivity index (χ3n) is 3.92. The first kappa shape index (κ1) is 17.0. The number of hydrogen-bond acceptors (Lipinski definition) is 4. The van der Waals surface area contributed by atoms with Crippen molar-refractivity contribution in [3.05, 3.63) is 18.0 Å². The first-order chi connectivity index (χ1) is 10.3. The van der Waals surface area contributed by atoms with Crippen molar-refractivity contribution in [1.29, 1.82) is 0 Å². The molecule has 0 spiro atoms. The average molecular weight is 309 g/mol. The van der Waals surface area contributed by atoms with Crippen LogP contribution in [-0.4, -0.2) is 39.1 Å². The summed E-state index contributed by atoms with van der Waals surface area (Å²) in [5.41, 5.74) is 0.678. The van der Waals surface area contributed by atoms with Crippen molar-refractivity contribution in [3.8, 4) is 0 Å². The lowest BCUT2D eigenvalue weighted by molar-refractivity contribution is -0.131. The van der Waals surface area contributed by atoms with E-state index in [0.717, 1.165) is 18.5 Å². The van der Waals surface area contributed by atoms with Crippen LogP contribution in [0.15, 0.2) is 12.3 Å². The number of aryl methyl sites for hydroxylation is 1. The standard InChI is InChI=1S/C16H27N3O3/c1-16(2,3)22-12-7-11(8-12)9-15(21)18-13(10-20)14-5-6-17-19(14)4/h5-6,11-13,20H,7-10H2,1-4H3,(H,18,21). The fourth-order valence-electron chi connectivity index (χ4n) is 2.89. The summed E-state index contributed by atoms with van der Waals surface area (Å²) in [7, 11) is 1.80. The Labute approximate surface area is 131 Å². The fourth-order valence-corrected chi connectivity index (χ4v) is 2.89. The van der Waals surface area contributed by atoms with Crippen molar-refractivity contribution in [3.63, 3.8) is 0 Å².